The van der Waals surface area contributed by atoms with Gasteiger partial charge in [-0.2, -0.15) is 0 Å². The molecule has 1 aromatic carbocycles. The van der Waals surface area contributed by atoms with Crippen molar-refractivity contribution in [3.05, 3.63) is 35.0 Å². The van der Waals surface area contributed by atoms with E-state index < -0.39 is 0 Å². The van der Waals surface area contributed by atoms with Gasteiger partial charge in [-0.15, -0.1) is 0 Å². The number of furan rings is 1. The van der Waals surface area contributed by atoms with Crippen molar-refractivity contribution < 1.29 is 9.21 Å². The van der Waals surface area contributed by atoms with Gasteiger partial charge < -0.3 is 4.42 Å². The number of hydrogen-bond donors (Lipinski definition) is 0. The highest BCUT2D eigenvalue weighted by Crippen LogP contribution is 2.31. The van der Waals surface area contributed by atoms with Gasteiger partial charge >= 0.3 is 0 Å². The summed E-state index contributed by atoms with van der Waals surface area (Å²) in [5.74, 6) is 0.741. The van der Waals surface area contributed by atoms with E-state index >= 15 is 0 Å². The summed E-state index contributed by atoms with van der Waals surface area (Å²) >= 11 is 6.06. The predicted octanol–water partition coefficient (Wildman–Crippen LogP) is 4.85. The second-order valence-electron chi connectivity index (χ2n) is 4.97. The molecule has 0 radical (unpaired) electrons. The summed E-state index contributed by atoms with van der Waals surface area (Å²) in [6.45, 7) is 0. The number of fused-ring (bicyclic) bond motifs is 1. The van der Waals surface area contributed by atoms with Crippen LogP contribution in [0.3, 0.4) is 0 Å². The van der Waals surface area contributed by atoms with Crippen LogP contribution in [-0.2, 0) is 0 Å². The highest BCUT2D eigenvalue weighted by molar-refractivity contribution is 6.34. The van der Waals surface area contributed by atoms with Gasteiger partial charge in [-0.1, -0.05) is 43.0 Å². The minimum absolute atomic E-state index is 0.137. The van der Waals surface area contributed by atoms with E-state index in [9.17, 15) is 4.79 Å². The minimum Gasteiger partial charge on any atom is -0.451 e. The standard InChI is InChI=1S/C15H15ClO2/c16-12-8-4-7-11-9-13(18-15(11)12)14(17)10-5-2-1-3-6-10/h4,7-10H,1-3,5-6H2. The average molecular weight is 263 g/mol. The lowest BCUT2D eigenvalue weighted by atomic mass is 9.85. The van der Waals surface area contributed by atoms with Gasteiger partial charge in [-0.05, 0) is 25.0 Å². The molecule has 1 aliphatic rings. The van der Waals surface area contributed by atoms with Crippen LogP contribution in [0.25, 0.3) is 11.0 Å². The molecule has 94 valence electrons. The van der Waals surface area contributed by atoms with Crippen LogP contribution in [0.1, 0.15) is 42.7 Å². The van der Waals surface area contributed by atoms with E-state index in [1.807, 2.05) is 18.2 Å². The summed E-state index contributed by atoms with van der Waals surface area (Å²) < 4.78 is 5.63. The molecule has 3 heteroatoms. The van der Waals surface area contributed by atoms with Crippen molar-refractivity contribution in [3.8, 4) is 0 Å². The number of halogens is 1. The smallest absolute Gasteiger partial charge is 0.201 e. The van der Waals surface area contributed by atoms with Gasteiger partial charge in [0, 0.05) is 11.3 Å². The Labute approximate surface area is 111 Å². The molecule has 1 heterocycles. The summed E-state index contributed by atoms with van der Waals surface area (Å²) in [6.07, 6.45) is 5.53. The number of benzene rings is 1. The second kappa shape index (κ2) is 4.77. The van der Waals surface area contributed by atoms with Gasteiger partial charge in [-0.3, -0.25) is 4.79 Å². The van der Waals surface area contributed by atoms with Crippen molar-refractivity contribution in [2.45, 2.75) is 32.1 Å². The second-order valence-corrected chi connectivity index (χ2v) is 5.38. The molecule has 1 fully saturated rings. The Morgan fingerprint density at radius 2 is 2.00 bits per heavy atom. The summed E-state index contributed by atoms with van der Waals surface area (Å²) in [5, 5.41) is 1.47. The number of carbonyl (C=O) groups is 1. The molecule has 0 aliphatic heterocycles. The Hall–Kier alpha value is -1.28. The fourth-order valence-electron chi connectivity index (χ4n) is 2.71. The number of Topliss-reactive ketones (excluding diaryl/α,β-unsaturated/α-hetero) is 1. The number of hydrogen-bond acceptors (Lipinski definition) is 2. The lowest BCUT2D eigenvalue weighted by Gasteiger charge is -2.18. The van der Waals surface area contributed by atoms with Crippen LogP contribution in [0.2, 0.25) is 5.02 Å². The Bertz CT molecular complexity index is 579. The zero-order chi connectivity index (χ0) is 12.5. The molecule has 0 N–H and O–H groups in total. The molecule has 18 heavy (non-hydrogen) atoms. The van der Waals surface area contributed by atoms with Crippen LogP contribution >= 0.6 is 11.6 Å². The first-order chi connectivity index (χ1) is 8.75. The summed E-state index contributed by atoms with van der Waals surface area (Å²) in [4.78, 5) is 12.3. The van der Waals surface area contributed by atoms with E-state index in [0.717, 1.165) is 31.1 Å². The third kappa shape index (κ3) is 2.05. The molecular weight excluding hydrogens is 248 g/mol. The van der Waals surface area contributed by atoms with Crippen LogP contribution in [0.4, 0.5) is 0 Å². The Kier molecular flexibility index (Phi) is 3.13. The molecule has 0 amide bonds. The van der Waals surface area contributed by atoms with Crippen LogP contribution < -0.4 is 0 Å². The Morgan fingerprint density at radius 1 is 1.22 bits per heavy atom. The van der Waals surface area contributed by atoms with Crippen molar-refractivity contribution in [2.75, 3.05) is 0 Å². The quantitative estimate of drug-likeness (QED) is 0.724. The van der Waals surface area contributed by atoms with E-state index in [4.69, 9.17) is 16.0 Å². The number of rotatable bonds is 2. The van der Waals surface area contributed by atoms with Crippen molar-refractivity contribution in [3.63, 3.8) is 0 Å². The molecular formula is C15H15ClO2. The Balaban J connectivity index is 1.94. The maximum Gasteiger partial charge on any atom is 0.201 e. The summed E-state index contributed by atoms with van der Waals surface area (Å²) in [5.41, 5.74) is 0.623. The Morgan fingerprint density at radius 3 is 2.72 bits per heavy atom. The van der Waals surface area contributed by atoms with Crippen LogP contribution in [0.5, 0.6) is 0 Å². The largest absolute Gasteiger partial charge is 0.451 e. The first kappa shape index (κ1) is 11.8. The van der Waals surface area contributed by atoms with Gasteiger partial charge in [0.2, 0.25) is 5.78 Å². The molecule has 0 bridgehead atoms. The van der Waals surface area contributed by atoms with Gasteiger partial charge in [-0.25, -0.2) is 0 Å². The summed E-state index contributed by atoms with van der Waals surface area (Å²) in [6, 6.07) is 7.39. The molecule has 0 saturated heterocycles. The molecule has 2 nitrogen and oxygen atoms in total. The zero-order valence-corrected chi connectivity index (χ0v) is 10.9. The average Bonchev–Trinajstić information content (AvgIpc) is 2.84. The van der Waals surface area contributed by atoms with Crippen LogP contribution in [0, 0.1) is 5.92 Å². The first-order valence-corrected chi connectivity index (χ1v) is 6.86. The molecule has 0 atom stereocenters. The first-order valence-electron chi connectivity index (χ1n) is 6.48. The maximum atomic E-state index is 12.3. The van der Waals surface area contributed by atoms with Crippen molar-refractivity contribution >= 4 is 28.4 Å². The fourth-order valence-corrected chi connectivity index (χ4v) is 2.94. The highest BCUT2D eigenvalue weighted by Gasteiger charge is 2.25. The molecule has 0 spiro atoms. The normalized spacial score (nSPS) is 17.2. The van der Waals surface area contributed by atoms with Crippen molar-refractivity contribution in [1.29, 1.82) is 0 Å². The van der Waals surface area contributed by atoms with Crippen molar-refractivity contribution in [2.24, 2.45) is 5.92 Å². The number of ketones is 1. The topological polar surface area (TPSA) is 30.2 Å². The number of para-hydroxylation sites is 1. The zero-order valence-electron chi connectivity index (χ0n) is 10.1. The predicted molar refractivity (Wildman–Crippen MR) is 72.1 cm³/mol. The van der Waals surface area contributed by atoms with Crippen LogP contribution in [0.15, 0.2) is 28.7 Å². The number of carbonyl (C=O) groups excluding carboxylic acids is 1. The van der Waals surface area contributed by atoms with Gasteiger partial charge in [0.05, 0.1) is 5.02 Å². The molecule has 1 saturated carbocycles. The molecule has 1 aromatic heterocycles. The lowest BCUT2D eigenvalue weighted by molar-refractivity contribution is 0.0863. The van der Waals surface area contributed by atoms with E-state index in [2.05, 4.69) is 0 Å². The third-order valence-electron chi connectivity index (χ3n) is 3.71. The molecule has 1 aliphatic carbocycles. The SMILES string of the molecule is O=C(c1cc2cccc(Cl)c2o1)C1CCCCC1. The van der Waals surface area contributed by atoms with E-state index in [1.165, 1.54) is 6.42 Å². The van der Waals surface area contributed by atoms with Crippen LogP contribution in [-0.4, -0.2) is 5.78 Å². The third-order valence-corrected chi connectivity index (χ3v) is 4.01. The highest BCUT2D eigenvalue weighted by atomic mass is 35.5. The molecule has 2 aromatic rings. The maximum absolute atomic E-state index is 12.3. The van der Waals surface area contributed by atoms with E-state index in [0.29, 0.717) is 16.4 Å². The van der Waals surface area contributed by atoms with E-state index in [-0.39, 0.29) is 11.7 Å². The molecule has 3 rings (SSSR count). The van der Waals surface area contributed by atoms with Gasteiger partial charge in [0.15, 0.2) is 11.3 Å². The molecule has 0 unspecified atom stereocenters. The minimum atomic E-state index is 0.137. The van der Waals surface area contributed by atoms with Gasteiger partial charge in [0.25, 0.3) is 0 Å². The van der Waals surface area contributed by atoms with Crippen molar-refractivity contribution in [1.82, 2.24) is 0 Å². The fraction of sp³-hybridized carbons (Fsp3) is 0.400. The summed E-state index contributed by atoms with van der Waals surface area (Å²) in [7, 11) is 0. The van der Waals surface area contributed by atoms with E-state index in [1.54, 1.807) is 6.07 Å². The monoisotopic (exact) mass is 262 g/mol. The van der Waals surface area contributed by atoms with Gasteiger partial charge in [0.1, 0.15) is 0 Å². The lowest BCUT2D eigenvalue weighted by Crippen LogP contribution is -2.17.